The van der Waals surface area contributed by atoms with Crippen LogP contribution in [0.1, 0.15) is 46.0 Å². The molecule has 1 aliphatic carbocycles. The van der Waals surface area contributed by atoms with Crippen LogP contribution in [-0.2, 0) is 10.9 Å². The highest BCUT2D eigenvalue weighted by Crippen LogP contribution is 2.47. The summed E-state index contributed by atoms with van der Waals surface area (Å²) in [6.45, 7) is 4.30. The van der Waals surface area contributed by atoms with Crippen molar-refractivity contribution in [2.45, 2.75) is 48.3 Å². The van der Waals surface area contributed by atoms with Gasteiger partial charge >= 0.3 is 6.18 Å². The zero-order chi connectivity index (χ0) is 29.9. The zero-order valence-electron chi connectivity index (χ0n) is 24.0. The third-order valence-corrected chi connectivity index (χ3v) is 11.1. The molecule has 1 amide bonds. The second kappa shape index (κ2) is 11.2. The Balaban J connectivity index is 1.17. The normalized spacial score (nSPS) is 22.3. The van der Waals surface area contributed by atoms with Gasteiger partial charge in [-0.15, -0.1) is 23.1 Å². The number of aromatic nitrogens is 2. The summed E-state index contributed by atoms with van der Waals surface area (Å²) in [4.78, 5) is 29.4. The van der Waals surface area contributed by atoms with Gasteiger partial charge in [0.1, 0.15) is 10.4 Å². The van der Waals surface area contributed by atoms with Crippen molar-refractivity contribution >= 4 is 46.3 Å². The topological polar surface area (TPSA) is 73.8 Å². The van der Waals surface area contributed by atoms with Crippen LogP contribution in [0.15, 0.2) is 35.4 Å². The number of nitrogens with zero attached hydrogens (tertiary/aromatic N) is 5. The smallest absolute Gasteiger partial charge is 0.383 e. The lowest BCUT2D eigenvalue weighted by molar-refractivity contribution is -0.137. The van der Waals surface area contributed by atoms with Gasteiger partial charge in [0.05, 0.1) is 17.2 Å². The standard InChI is InChI=1S/C30H33F3N6O2S2/c1-37-8-10-42-25-13-24(43-27(25)28(37)40)26-22(30(31,32)33)14-34-29(36-26)35-23-6-5-18(12-21(23)17-3-4-17)39-16-19-11-20(39)15-38(19)7-9-41-2/h5-6,12-14,17,19-20H,3-4,7-11,15-16H2,1-2H3,(H,34,35,36). The van der Waals surface area contributed by atoms with Crippen LogP contribution >= 0.6 is 23.1 Å². The van der Waals surface area contributed by atoms with Crippen molar-refractivity contribution in [3.8, 4) is 10.6 Å². The van der Waals surface area contributed by atoms with E-state index in [1.807, 2.05) is 6.07 Å². The molecule has 2 bridgehead atoms. The van der Waals surface area contributed by atoms with Gasteiger partial charge in [-0.3, -0.25) is 9.69 Å². The minimum Gasteiger partial charge on any atom is -0.383 e. The third-order valence-electron chi connectivity index (χ3n) is 8.82. The van der Waals surface area contributed by atoms with Crippen molar-refractivity contribution < 1.29 is 22.7 Å². The van der Waals surface area contributed by atoms with Crippen LogP contribution in [0.2, 0.25) is 0 Å². The molecule has 2 aromatic heterocycles. The number of halogens is 3. The lowest BCUT2D eigenvalue weighted by Gasteiger charge is -2.35. The molecule has 1 saturated carbocycles. The van der Waals surface area contributed by atoms with Gasteiger partial charge in [0.25, 0.3) is 5.91 Å². The molecule has 2 unspecified atom stereocenters. The van der Waals surface area contributed by atoms with E-state index in [1.54, 1.807) is 25.1 Å². The van der Waals surface area contributed by atoms with Crippen LogP contribution in [0, 0.1) is 0 Å². The van der Waals surface area contributed by atoms with Crippen molar-refractivity contribution in [1.29, 1.82) is 0 Å². The number of amides is 1. The maximum Gasteiger partial charge on any atom is 0.420 e. The monoisotopic (exact) mass is 630 g/mol. The number of ether oxygens (including phenoxy) is 1. The number of hydrogen-bond donors (Lipinski definition) is 1. The first kappa shape index (κ1) is 28.9. The first-order valence-electron chi connectivity index (χ1n) is 14.6. The average molecular weight is 631 g/mol. The van der Waals surface area contributed by atoms with Gasteiger partial charge < -0.3 is 19.9 Å². The Morgan fingerprint density at radius 3 is 2.72 bits per heavy atom. The van der Waals surface area contributed by atoms with Crippen LogP contribution in [0.4, 0.5) is 30.5 Å². The van der Waals surface area contributed by atoms with Crippen molar-refractivity contribution in [2.24, 2.45) is 0 Å². The van der Waals surface area contributed by atoms with Crippen molar-refractivity contribution in [3.05, 3.63) is 46.5 Å². The maximum atomic E-state index is 14.1. The largest absolute Gasteiger partial charge is 0.420 e. The van der Waals surface area contributed by atoms with Crippen LogP contribution in [0.5, 0.6) is 0 Å². The number of benzene rings is 1. The first-order valence-corrected chi connectivity index (χ1v) is 16.4. The average Bonchev–Trinajstić information content (AvgIpc) is 3.48. The lowest BCUT2D eigenvalue weighted by atomic mass is 10.1. The zero-order valence-corrected chi connectivity index (χ0v) is 25.6. The second-order valence-corrected chi connectivity index (χ2v) is 13.9. The lowest BCUT2D eigenvalue weighted by Crippen LogP contribution is -2.47. The number of hydrogen-bond acceptors (Lipinski definition) is 9. The van der Waals surface area contributed by atoms with Crippen LogP contribution in [-0.4, -0.2) is 90.5 Å². The predicted octanol–water partition coefficient (Wildman–Crippen LogP) is 5.93. The molecule has 2 saturated heterocycles. The molecule has 43 heavy (non-hydrogen) atoms. The van der Waals surface area contributed by atoms with E-state index in [1.165, 1.54) is 17.4 Å². The minimum atomic E-state index is -4.64. The first-order chi connectivity index (χ1) is 20.7. The summed E-state index contributed by atoms with van der Waals surface area (Å²) < 4.78 is 47.6. The van der Waals surface area contributed by atoms with Crippen molar-refractivity contribution in [2.75, 3.05) is 62.9 Å². The van der Waals surface area contributed by atoms with E-state index < -0.39 is 11.7 Å². The van der Waals surface area contributed by atoms with Crippen molar-refractivity contribution in [1.82, 2.24) is 19.8 Å². The highest BCUT2D eigenvalue weighted by atomic mass is 32.2. The molecular formula is C30H33F3N6O2S2. The molecule has 228 valence electrons. The molecule has 5 heterocycles. The molecule has 13 heteroatoms. The quantitative estimate of drug-likeness (QED) is 0.329. The molecular weight excluding hydrogens is 597 g/mol. The summed E-state index contributed by atoms with van der Waals surface area (Å²) in [5, 5.41) is 3.25. The summed E-state index contributed by atoms with van der Waals surface area (Å²) in [6, 6.07) is 9.00. The molecule has 8 nitrogen and oxygen atoms in total. The number of carbonyl (C=O) groups is 1. The van der Waals surface area contributed by atoms with Gasteiger partial charge in [0.15, 0.2) is 0 Å². The number of alkyl halides is 3. The summed E-state index contributed by atoms with van der Waals surface area (Å²) in [5.41, 5.74) is 2.02. The van der Waals surface area contributed by atoms with Gasteiger partial charge in [-0.1, -0.05) is 0 Å². The molecule has 7 rings (SSSR count). The van der Waals surface area contributed by atoms with Gasteiger partial charge in [-0.25, -0.2) is 9.97 Å². The highest BCUT2D eigenvalue weighted by molar-refractivity contribution is 7.99. The number of fused-ring (bicyclic) bond motifs is 3. The number of nitrogens with one attached hydrogen (secondary N) is 1. The molecule has 3 fully saturated rings. The summed E-state index contributed by atoms with van der Waals surface area (Å²) in [7, 11) is 3.45. The fraction of sp³-hybridized carbons (Fsp3) is 0.500. The van der Waals surface area contributed by atoms with Crippen LogP contribution in [0.3, 0.4) is 0 Å². The Labute approximate surface area is 256 Å². The number of thiophene rings is 1. The molecule has 1 aromatic carbocycles. The van der Waals surface area contributed by atoms with Gasteiger partial charge in [-0.2, -0.15) is 13.2 Å². The third kappa shape index (κ3) is 5.60. The molecule has 0 spiro atoms. The highest BCUT2D eigenvalue weighted by Gasteiger charge is 2.43. The molecule has 1 N–H and O–H groups in total. The van der Waals surface area contributed by atoms with Gasteiger partial charge in [0, 0.05) is 80.6 Å². The Morgan fingerprint density at radius 1 is 1.16 bits per heavy atom. The molecule has 0 radical (unpaired) electrons. The Hall–Kier alpha value is -2.87. The van der Waals surface area contributed by atoms with E-state index >= 15 is 0 Å². The Kier molecular flexibility index (Phi) is 7.55. The maximum absolute atomic E-state index is 14.1. The van der Waals surface area contributed by atoms with E-state index in [9.17, 15) is 18.0 Å². The number of piperazine rings is 1. The van der Waals surface area contributed by atoms with E-state index in [0.29, 0.717) is 44.9 Å². The fourth-order valence-corrected chi connectivity index (χ4v) is 8.83. The van der Waals surface area contributed by atoms with Crippen LogP contribution in [0.25, 0.3) is 10.6 Å². The predicted molar refractivity (Wildman–Crippen MR) is 163 cm³/mol. The van der Waals surface area contributed by atoms with E-state index in [4.69, 9.17) is 4.74 Å². The second-order valence-electron chi connectivity index (χ2n) is 11.7. The van der Waals surface area contributed by atoms with Crippen molar-refractivity contribution in [3.63, 3.8) is 0 Å². The summed E-state index contributed by atoms with van der Waals surface area (Å²) in [5.74, 6) is 1.01. The number of methoxy groups -OCH3 is 1. The SMILES string of the molecule is COCCN1CC2CC1CN2c1ccc(Nc2ncc(C(F)(F)F)c(-c3cc4c(s3)C(=O)N(C)CCS4)n2)c(C2CC2)c1. The Morgan fingerprint density at radius 2 is 2.00 bits per heavy atom. The molecule has 3 aliphatic heterocycles. The van der Waals surface area contributed by atoms with Gasteiger partial charge in [0.2, 0.25) is 5.95 Å². The molecule has 4 aliphatic rings. The number of likely N-dealkylation sites (tertiary alicyclic amines) is 1. The van der Waals surface area contributed by atoms with Gasteiger partial charge in [-0.05, 0) is 55.0 Å². The number of thioether (sulfide) groups is 1. The number of anilines is 3. The number of carbonyl (C=O) groups excluding carboxylic acids is 1. The summed E-state index contributed by atoms with van der Waals surface area (Å²) in [6.07, 6.45) is -0.488. The Bertz CT molecular complexity index is 1540. The fourth-order valence-electron chi connectivity index (χ4n) is 6.40. The molecule has 2 atom stereocenters. The minimum absolute atomic E-state index is 0.103. The van der Waals surface area contributed by atoms with E-state index in [0.717, 1.165) is 74.3 Å². The number of rotatable bonds is 8. The van der Waals surface area contributed by atoms with E-state index in [2.05, 4.69) is 37.2 Å². The van der Waals surface area contributed by atoms with Crippen LogP contribution < -0.4 is 10.2 Å². The van der Waals surface area contributed by atoms with E-state index in [-0.39, 0.29) is 17.5 Å². The molecule has 3 aromatic rings. The summed E-state index contributed by atoms with van der Waals surface area (Å²) >= 11 is 2.54.